The Morgan fingerprint density at radius 3 is 2.62 bits per heavy atom. The lowest BCUT2D eigenvalue weighted by Gasteiger charge is -2.04. The molecule has 5 heteroatoms. The lowest BCUT2D eigenvalue weighted by molar-refractivity contribution is -0.385. The van der Waals surface area contributed by atoms with Crippen LogP contribution < -0.4 is 0 Å². The van der Waals surface area contributed by atoms with Gasteiger partial charge in [0.25, 0.3) is 11.6 Å². The Morgan fingerprint density at radius 2 is 2.19 bits per heavy atom. The van der Waals surface area contributed by atoms with E-state index >= 15 is 0 Å². The minimum absolute atomic E-state index is 0.160. The third kappa shape index (κ3) is 2.03. The molecule has 0 saturated carbocycles. The van der Waals surface area contributed by atoms with E-state index in [2.05, 4.69) is 18.3 Å². The van der Waals surface area contributed by atoms with E-state index in [1.54, 1.807) is 6.92 Å². The third-order valence-electron chi connectivity index (χ3n) is 2.16. The predicted octanol–water partition coefficient (Wildman–Crippen LogP) is 2.39. The van der Waals surface area contributed by atoms with Crippen LogP contribution in [0.15, 0.2) is 23.7 Å². The molecule has 0 heterocycles. The molecule has 0 aliphatic rings. The highest BCUT2D eigenvalue weighted by molar-refractivity contribution is 5.99. The average Bonchev–Trinajstić information content (AvgIpc) is 2.27. The Balaban J connectivity index is 3.50. The lowest BCUT2D eigenvalue weighted by atomic mass is 10.0. The molecule has 1 amide bonds. The number of aryl methyl sites for hydroxylation is 1. The molecule has 5 nitrogen and oxygen atoms in total. The van der Waals surface area contributed by atoms with Crippen molar-refractivity contribution in [2.24, 2.45) is 4.99 Å². The molecule has 0 radical (unpaired) electrons. The number of aliphatic imine (C=N–C) groups is 1. The number of hydrogen-bond donors (Lipinski definition) is 0. The maximum absolute atomic E-state index is 11.3. The zero-order valence-electron chi connectivity index (χ0n) is 8.77. The molecule has 16 heavy (non-hydrogen) atoms. The monoisotopic (exact) mass is 218 g/mol. The predicted molar refractivity (Wildman–Crippen MR) is 61.8 cm³/mol. The Labute approximate surface area is 92.3 Å². The second-order valence-corrected chi connectivity index (χ2v) is 3.15. The fourth-order valence-electron chi connectivity index (χ4n) is 1.36. The molecule has 1 rings (SSSR count). The van der Waals surface area contributed by atoms with E-state index in [9.17, 15) is 14.9 Å². The highest BCUT2D eigenvalue weighted by Crippen LogP contribution is 2.24. The van der Waals surface area contributed by atoms with Gasteiger partial charge in [-0.2, -0.15) is 0 Å². The Hall–Kier alpha value is -2.30. The van der Waals surface area contributed by atoms with Crippen molar-refractivity contribution in [3.05, 3.63) is 45.5 Å². The quantitative estimate of drug-likeness (QED) is 0.444. The summed E-state index contributed by atoms with van der Waals surface area (Å²) >= 11 is 0. The second kappa shape index (κ2) is 4.48. The van der Waals surface area contributed by atoms with Crippen LogP contribution in [-0.4, -0.2) is 17.5 Å². The SMILES string of the molecule is C=Cc1cc(C)c(C(=O)N=C)cc1[N+](=O)[O-]. The van der Waals surface area contributed by atoms with Gasteiger partial charge in [0.2, 0.25) is 0 Å². The molecular weight excluding hydrogens is 208 g/mol. The first-order valence-electron chi connectivity index (χ1n) is 4.43. The summed E-state index contributed by atoms with van der Waals surface area (Å²) < 4.78 is 0. The fourth-order valence-corrected chi connectivity index (χ4v) is 1.36. The van der Waals surface area contributed by atoms with Crippen LogP contribution >= 0.6 is 0 Å². The summed E-state index contributed by atoms with van der Waals surface area (Å²) in [5.41, 5.74) is 1.01. The number of carbonyl (C=O) groups excluding carboxylic acids is 1. The highest BCUT2D eigenvalue weighted by Gasteiger charge is 2.17. The van der Waals surface area contributed by atoms with Crippen molar-refractivity contribution in [2.75, 3.05) is 0 Å². The Kier molecular flexibility index (Phi) is 3.30. The molecule has 0 N–H and O–H groups in total. The van der Waals surface area contributed by atoms with E-state index in [-0.39, 0.29) is 11.3 Å². The molecule has 0 spiro atoms. The van der Waals surface area contributed by atoms with E-state index in [1.165, 1.54) is 18.2 Å². The van der Waals surface area contributed by atoms with E-state index in [4.69, 9.17) is 0 Å². The number of nitrogens with zero attached hydrogens (tertiary/aromatic N) is 2. The number of benzene rings is 1. The minimum Gasteiger partial charge on any atom is -0.267 e. The van der Waals surface area contributed by atoms with E-state index in [0.717, 1.165) is 0 Å². The van der Waals surface area contributed by atoms with Crippen LogP contribution in [-0.2, 0) is 0 Å². The van der Waals surface area contributed by atoms with Crippen molar-refractivity contribution in [1.29, 1.82) is 0 Å². The summed E-state index contributed by atoms with van der Waals surface area (Å²) in [6.07, 6.45) is 1.38. The Morgan fingerprint density at radius 1 is 1.56 bits per heavy atom. The number of amides is 1. The Bertz CT molecular complexity index is 492. The standard InChI is InChI=1S/C11H10N2O3/c1-4-8-5-7(2)9(11(14)12-3)6-10(8)13(15)16/h4-6H,1,3H2,2H3. The van der Waals surface area contributed by atoms with Gasteiger partial charge in [-0.1, -0.05) is 12.7 Å². The van der Waals surface area contributed by atoms with Crippen LogP contribution in [0, 0.1) is 17.0 Å². The zero-order chi connectivity index (χ0) is 12.3. The average molecular weight is 218 g/mol. The van der Waals surface area contributed by atoms with Gasteiger partial charge in [-0.25, -0.2) is 4.99 Å². The molecule has 0 unspecified atom stereocenters. The molecule has 0 aliphatic carbocycles. The molecular formula is C11H10N2O3. The first-order chi connectivity index (χ1) is 7.51. The lowest BCUT2D eigenvalue weighted by Crippen LogP contribution is -2.01. The van der Waals surface area contributed by atoms with Crippen LogP contribution in [0.5, 0.6) is 0 Å². The third-order valence-corrected chi connectivity index (χ3v) is 2.16. The smallest absolute Gasteiger partial charge is 0.267 e. The van der Waals surface area contributed by atoms with Crippen LogP contribution in [0.3, 0.4) is 0 Å². The summed E-state index contributed by atoms with van der Waals surface area (Å²) in [6.45, 7) is 8.27. The molecule has 0 aromatic heterocycles. The molecule has 1 aromatic rings. The van der Waals surface area contributed by atoms with Gasteiger partial charge in [-0.05, 0) is 25.3 Å². The number of nitro groups is 1. The van der Waals surface area contributed by atoms with Crippen LogP contribution in [0.2, 0.25) is 0 Å². The number of rotatable bonds is 3. The van der Waals surface area contributed by atoms with Crippen molar-refractivity contribution < 1.29 is 9.72 Å². The van der Waals surface area contributed by atoms with Crippen molar-refractivity contribution in [2.45, 2.75) is 6.92 Å². The molecule has 0 atom stereocenters. The van der Waals surface area contributed by atoms with Gasteiger partial charge in [0, 0.05) is 6.07 Å². The van der Waals surface area contributed by atoms with Crippen LogP contribution in [0.25, 0.3) is 6.08 Å². The van der Waals surface area contributed by atoms with Crippen molar-refractivity contribution in [3.63, 3.8) is 0 Å². The van der Waals surface area contributed by atoms with E-state index < -0.39 is 10.8 Å². The number of nitro benzene ring substituents is 1. The van der Waals surface area contributed by atoms with Crippen LogP contribution in [0.4, 0.5) is 5.69 Å². The normalized spacial score (nSPS) is 9.56. The van der Waals surface area contributed by atoms with E-state index in [1.807, 2.05) is 0 Å². The highest BCUT2D eigenvalue weighted by atomic mass is 16.6. The van der Waals surface area contributed by atoms with Crippen LogP contribution in [0.1, 0.15) is 21.5 Å². The second-order valence-electron chi connectivity index (χ2n) is 3.15. The zero-order valence-corrected chi connectivity index (χ0v) is 8.77. The van der Waals surface area contributed by atoms with Gasteiger partial charge in [-0.3, -0.25) is 14.9 Å². The van der Waals surface area contributed by atoms with Crippen molar-refractivity contribution >= 4 is 24.4 Å². The first-order valence-corrected chi connectivity index (χ1v) is 4.43. The van der Waals surface area contributed by atoms with Gasteiger partial charge in [-0.15, -0.1) is 0 Å². The largest absolute Gasteiger partial charge is 0.277 e. The summed E-state index contributed by atoms with van der Waals surface area (Å²) in [5, 5.41) is 10.8. The van der Waals surface area contributed by atoms with Gasteiger partial charge in [0.15, 0.2) is 0 Å². The van der Waals surface area contributed by atoms with Crippen molar-refractivity contribution in [1.82, 2.24) is 0 Å². The van der Waals surface area contributed by atoms with Gasteiger partial charge >= 0.3 is 0 Å². The molecule has 1 aromatic carbocycles. The maximum Gasteiger partial charge on any atom is 0.277 e. The molecule has 0 bridgehead atoms. The molecule has 0 saturated heterocycles. The fraction of sp³-hybridized carbons (Fsp3) is 0.0909. The van der Waals surface area contributed by atoms with Gasteiger partial charge < -0.3 is 0 Å². The summed E-state index contributed by atoms with van der Waals surface area (Å²) in [4.78, 5) is 24.8. The van der Waals surface area contributed by atoms with Gasteiger partial charge in [0.05, 0.1) is 16.1 Å². The summed E-state index contributed by atoms with van der Waals surface area (Å²) in [6, 6.07) is 2.73. The van der Waals surface area contributed by atoms with Gasteiger partial charge in [0.1, 0.15) is 0 Å². The first kappa shape index (κ1) is 11.8. The summed E-state index contributed by atoms with van der Waals surface area (Å²) in [7, 11) is 0. The minimum atomic E-state index is -0.573. The maximum atomic E-state index is 11.3. The topological polar surface area (TPSA) is 72.6 Å². The molecule has 0 aliphatic heterocycles. The number of hydrogen-bond acceptors (Lipinski definition) is 3. The molecule has 0 fully saturated rings. The van der Waals surface area contributed by atoms with E-state index in [0.29, 0.717) is 11.1 Å². The molecule has 82 valence electrons. The van der Waals surface area contributed by atoms with Crippen molar-refractivity contribution in [3.8, 4) is 0 Å². The number of carbonyl (C=O) groups is 1. The summed E-state index contributed by atoms with van der Waals surface area (Å²) in [5.74, 6) is -0.573.